The van der Waals surface area contributed by atoms with Gasteiger partial charge in [0.05, 0.1) is 5.56 Å². The van der Waals surface area contributed by atoms with Crippen molar-refractivity contribution in [1.82, 2.24) is 13.7 Å². The van der Waals surface area contributed by atoms with Gasteiger partial charge < -0.3 is 9.88 Å². The van der Waals surface area contributed by atoms with E-state index in [1.54, 1.807) is 18.3 Å². The first-order valence-corrected chi connectivity index (χ1v) is 10.5. The predicted octanol–water partition coefficient (Wildman–Crippen LogP) is 2.87. The number of nitrogens with zero attached hydrogens (tertiary/aromatic N) is 3. The summed E-state index contributed by atoms with van der Waals surface area (Å²) in [5, 5.41) is 3.70. The minimum absolute atomic E-state index is 0.0527. The van der Waals surface area contributed by atoms with E-state index in [-0.39, 0.29) is 11.4 Å². The molecule has 0 atom stereocenters. The zero-order chi connectivity index (χ0) is 23.9. The molecule has 0 unspecified atom stereocenters. The van der Waals surface area contributed by atoms with Crippen LogP contribution in [0.1, 0.15) is 21.5 Å². The van der Waals surface area contributed by atoms with Crippen LogP contribution in [0, 0.1) is 6.92 Å². The molecular formula is C24H21ClN4O4. The number of aromatic nitrogens is 3. The molecule has 0 aliphatic rings. The van der Waals surface area contributed by atoms with Crippen molar-refractivity contribution < 1.29 is 9.59 Å². The van der Waals surface area contributed by atoms with Crippen LogP contribution in [-0.4, -0.2) is 25.4 Å². The van der Waals surface area contributed by atoms with Gasteiger partial charge in [-0.05, 0) is 36.2 Å². The minimum Gasteiger partial charge on any atom is -0.342 e. The lowest BCUT2D eigenvalue weighted by Gasteiger charge is -2.10. The van der Waals surface area contributed by atoms with E-state index in [0.29, 0.717) is 17.0 Å². The third kappa shape index (κ3) is 4.12. The van der Waals surface area contributed by atoms with Crippen LogP contribution in [0.5, 0.6) is 0 Å². The number of fused-ring (bicyclic) bond motifs is 1. The standard InChI is InChI=1S/C24H21ClN4O4/c1-14-5-4-6-18-21(14)17(13-29(18)12-15-7-9-16(25)10-8-15)22(31)23(32)26-19-11-20(30)28(3)24(33)27(19)2/h4-11,13H,12H2,1-3H3,(H,26,32). The van der Waals surface area contributed by atoms with Crippen LogP contribution in [-0.2, 0) is 25.4 Å². The lowest BCUT2D eigenvalue weighted by Crippen LogP contribution is -2.38. The van der Waals surface area contributed by atoms with Crippen molar-refractivity contribution in [3.05, 3.63) is 97.3 Å². The van der Waals surface area contributed by atoms with Gasteiger partial charge in [-0.3, -0.25) is 23.5 Å². The molecule has 0 aliphatic carbocycles. The number of Topliss-reactive ketones (excluding diaryl/α,β-unsaturated/α-hetero) is 1. The van der Waals surface area contributed by atoms with Gasteiger partial charge in [0.25, 0.3) is 17.2 Å². The van der Waals surface area contributed by atoms with E-state index < -0.39 is 22.9 Å². The SMILES string of the molecule is Cc1cccc2c1c(C(=O)C(=O)Nc1cc(=O)n(C)c(=O)n1C)cn2Cc1ccc(Cl)cc1. The van der Waals surface area contributed by atoms with Crippen LogP contribution in [0.15, 0.2) is 64.3 Å². The molecule has 33 heavy (non-hydrogen) atoms. The second-order valence-electron chi connectivity index (χ2n) is 7.82. The average molecular weight is 465 g/mol. The van der Waals surface area contributed by atoms with Crippen molar-refractivity contribution >= 4 is 40.0 Å². The summed E-state index contributed by atoms with van der Waals surface area (Å²) in [7, 11) is 2.74. The molecule has 0 fully saturated rings. The Bertz CT molecular complexity index is 1530. The molecule has 2 heterocycles. The Labute approximate surface area is 193 Å². The third-order valence-corrected chi connectivity index (χ3v) is 5.85. The molecule has 4 rings (SSSR count). The van der Waals surface area contributed by atoms with Gasteiger partial charge >= 0.3 is 5.69 Å². The van der Waals surface area contributed by atoms with Crippen molar-refractivity contribution in [2.45, 2.75) is 13.5 Å². The zero-order valence-electron chi connectivity index (χ0n) is 18.3. The van der Waals surface area contributed by atoms with Gasteiger partial charge in [0, 0.05) is 48.8 Å². The lowest BCUT2D eigenvalue weighted by molar-refractivity contribution is -0.112. The molecule has 1 amide bonds. The lowest BCUT2D eigenvalue weighted by atomic mass is 10.0. The summed E-state index contributed by atoms with van der Waals surface area (Å²) >= 11 is 5.98. The minimum atomic E-state index is -0.938. The fraction of sp³-hybridized carbons (Fsp3) is 0.167. The van der Waals surface area contributed by atoms with Crippen LogP contribution in [0.4, 0.5) is 5.82 Å². The van der Waals surface area contributed by atoms with E-state index in [4.69, 9.17) is 11.6 Å². The van der Waals surface area contributed by atoms with Crippen molar-refractivity contribution in [2.24, 2.45) is 14.1 Å². The van der Waals surface area contributed by atoms with E-state index >= 15 is 0 Å². The normalized spacial score (nSPS) is 11.0. The molecule has 0 aliphatic heterocycles. The summed E-state index contributed by atoms with van der Waals surface area (Å²) < 4.78 is 3.91. The number of aryl methyl sites for hydroxylation is 1. The highest BCUT2D eigenvalue weighted by molar-refractivity contribution is 6.48. The Morgan fingerprint density at radius 3 is 2.39 bits per heavy atom. The average Bonchev–Trinajstić information content (AvgIpc) is 3.16. The largest absolute Gasteiger partial charge is 0.342 e. The Hall–Kier alpha value is -3.91. The number of carbonyl (C=O) groups is 2. The maximum Gasteiger partial charge on any atom is 0.332 e. The molecule has 4 aromatic rings. The number of ketones is 1. The van der Waals surface area contributed by atoms with Gasteiger partial charge in [-0.15, -0.1) is 0 Å². The predicted molar refractivity (Wildman–Crippen MR) is 127 cm³/mol. The van der Waals surface area contributed by atoms with E-state index in [9.17, 15) is 19.2 Å². The molecule has 168 valence electrons. The third-order valence-electron chi connectivity index (χ3n) is 5.60. The summed E-state index contributed by atoms with van der Waals surface area (Å²) in [5.41, 5.74) is 1.68. The van der Waals surface area contributed by atoms with Gasteiger partial charge in [0.15, 0.2) is 0 Å². The van der Waals surface area contributed by atoms with Gasteiger partial charge in [0.1, 0.15) is 5.82 Å². The van der Waals surface area contributed by atoms with Crippen molar-refractivity contribution in [2.75, 3.05) is 5.32 Å². The number of rotatable bonds is 5. The van der Waals surface area contributed by atoms with Crippen LogP contribution < -0.4 is 16.6 Å². The first-order valence-electron chi connectivity index (χ1n) is 10.1. The van der Waals surface area contributed by atoms with Crippen molar-refractivity contribution in [3.8, 4) is 0 Å². The fourth-order valence-electron chi connectivity index (χ4n) is 3.77. The van der Waals surface area contributed by atoms with Gasteiger partial charge in [-0.1, -0.05) is 35.9 Å². The highest BCUT2D eigenvalue weighted by Gasteiger charge is 2.24. The molecule has 0 saturated heterocycles. The number of halogens is 1. The maximum atomic E-state index is 13.2. The van der Waals surface area contributed by atoms with Gasteiger partial charge in [0.2, 0.25) is 0 Å². The van der Waals surface area contributed by atoms with E-state index in [1.165, 1.54) is 14.1 Å². The second kappa shape index (κ2) is 8.55. The Morgan fingerprint density at radius 2 is 1.70 bits per heavy atom. The number of anilines is 1. The quantitative estimate of drug-likeness (QED) is 0.363. The molecule has 8 nitrogen and oxygen atoms in total. The van der Waals surface area contributed by atoms with Crippen LogP contribution >= 0.6 is 11.6 Å². The summed E-state index contributed by atoms with van der Waals surface area (Å²) in [6.45, 7) is 2.35. The summed E-state index contributed by atoms with van der Waals surface area (Å²) in [5.74, 6) is -1.76. The van der Waals surface area contributed by atoms with Gasteiger partial charge in [-0.2, -0.15) is 0 Å². The first-order chi connectivity index (χ1) is 15.7. The zero-order valence-corrected chi connectivity index (χ0v) is 19.0. The highest BCUT2D eigenvalue weighted by Crippen LogP contribution is 2.27. The molecular weight excluding hydrogens is 444 g/mol. The summed E-state index contributed by atoms with van der Waals surface area (Å²) in [6, 6.07) is 14.1. The highest BCUT2D eigenvalue weighted by atomic mass is 35.5. The van der Waals surface area contributed by atoms with Crippen LogP contribution in [0.2, 0.25) is 5.02 Å². The van der Waals surface area contributed by atoms with E-state index in [1.807, 2.05) is 41.8 Å². The monoisotopic (exact) mass is 464 g/mol. The molecule has 0 bridgehead atoms. The van der Waals surface area contributed by atoms with Crippen molar-refractivity contribution in [3.63, 3.8) is 0 Å². The molecule has 1 N–H and O–H groups in total. The van der Waals surface area contributed by atoms with E-state index in [0.717, 1.165) is 31.8 Å². The fourth-order valence-corrected chi connectivity index (χ4v) is 3.90. The van der Waals surface area contributed by atoms with Crippen LogP contribution in [0.25, 0.3) is 10.9 Å². The number of hydrogen-bond donors (Lipinski definition) is 1. The molecule has 2 aromatic carbocycles. The molecule has 0 saturated carbocycles. The number of hydrogen-bond acceptors (Lipinski definition) is 4. The van der Waals surface area contributed by atoms with E-state index in [2.05, 4.69) is 5.32 Å². The number of amides is 1. The second-order valence-corrected chi connectivity index (χ2v) is 8.25. The van der Waals surface area contributed by atoms with Crippen molar-refractivity contribution in [1.29, 1.82) is 0 Å². The number of benzene rings is 2. The number of nitrogens with one attached hydrogen (secondary N) is 1. The van der Waals surface area contributed by atoms with Crippen LogP contribution in [0.3, 0.4) is 0 Å². The molecule has 0 radical (unpaired) electrons. The topological polar surface area (TPSA) is 95.1 Å². The molecule has 0 spiro atoms. The smallest absolute Gasteiger partial charge is 0.332 e. The molecule has 9 heteroatoms. The first kappa shape index (κ1) is 22.3. The summed E-state index contributed by atoms with van der Waals surface area (Å²) in [6.07, 6.45) is 1.65. The Balaban J connectivity index is 1.73. The summed E-state index contributed by atoms with van der Waals surface area (Å²) in [4.78, 5) is 50.1. The maximum absolute atomic E-state index is 13.2. The van der Waals surface area contributed by atoms with Gasteiger partial charge in [-0.25, -0.2) is 4.79 Å². The number of carbonyl (C=O) groups excluding carboxylic acids is 2. The Kier molecular flexibility index (Phi) is 5.78. The molecule has 2 aromatic heterocycles. The Morgan fingerprint density at radius 1 is 1.00 bits per heavy atom.